The fourth-order valence-corrected chi connectivity index (χ4v) is 4.42. The normalized spacial score (nSPS) is 11.1. The Kier molecular flexibility index (Phi) is 7.76. The molecule has 176 valence electrons. The number of aryl methyl sites for hydroxylation is 1. The fourth-order valence-electron chi connectivity index (χ4n) is 3.91. The molecule has 7 heteroatoms. The van der Waals surface area contributed by atoms with Crippen molar-refractivity contribution in [3.8, 4) is 28.4 Å². The maximum atomic E-state index is 10.6. The highest BCUT2D eigenvalue weighted by molar-refractivity contribution is 6.36. The first-order valence-corrected chi connectivity index (χ1v) is 12.1. The Morgan fingerprint density at radius 2 is 1.79 bits per heavy atom. The topological polar surface area (TPSA) is 64.4 Å². The van der Waals surface area contributed by atoms with E-state index >= 15 is 0 Å². The third-order valence-electron chi connectivity index (χ3n) is 5.70. The number of carboxylic acid groups (broad SMARTS) is 1. The minimum Gasteiger partial charge on any atom is -0.494 e. The number of carboxylic acids is 1. The number of fused-ring (bicyclic) bond motifs is 1. The Morgan fingerprint density at radius 3 is 2.56 bits per heavy atom. The van der Waals surface area contributed by atoms with Crippen LogP contribution >= 0.6 is 23.2 Å². The van der Waals surface area contributed by atoms with E-state index in [0.29, 0.717) is 23.1 Å². The van der Waals surface area contributed by atoms with Crippen molar-refractivity contribution in [1.29, 1.82) is 0 Å². The summed E-state index contributed by atoms with van der Waals surface area (Å²) in [7, 11) is 0. The molecule has 34 heavy (non-hydrogen) atoms. The van der Waals surface area contributed by atoms with Crippen molar-refractivity contribution in [2.75, 3.05) is 6.61 Å². The second kappa shape index (κ2) is 10.9. The summed E-state index contributed by atoms with van der Waals surface area (Å²) in [4.78, 5) is 15.5. The SMILES string of the molecule is CCn1cc(-c2ccc(Cl)cc2Cl)nc1-c1ccc2cc(OCCCCCC(=O)O)ccc2c1. The van der Waals surface area contributed by atoms with Crippen LogP contribution in [0.5, 0.6) is 5.75 Å². The van der Waals surface area contributed by atoms with Gasteiger partial charge in [-0.15, -0.1) is 0 Å². The summed E-state index contributed by atoms with van der Waals surface area (Å²) in [5, 5.41) is 12.1. The summed E-state index contributed by atoms with van der Waals surface area (Å²) in [6.07, 6.45) is 4.59. The molecule has 4 rings (SSSR count). The van der Waals surface area contributed by atoms with E-state index in [9.17, 15) is 4.79 Å². The molecule has 0 saturated heterocycles. The zero-order valence-electron chi connectivity index (χ0n) is 18.9. The number of unbranched alkanes of at least 4 members (excludes halogenated alkanes) is 2. The Balaban J connectivity index is 1.51. The van der Waals surface area contributed by atoms with Crippen molar-refractivity contribution in [2.24, 2.45) is 0 Å². The third-order valence-corrected chi connectivity index (χ3v) is 6.25. The van der Waals surface area contributed by atoms with Gasteiger partial charge >= 0.3 is 5.97 Å². The molecule has 0 aliphatic carbocycles. The van der Waals surface area contributed by atoms with Gasteiger partial charge in [0.05, 0.1) is 17.3 Å². The molecule has 0 unspecified atom stereocenters. The minimum absolute atomic E-state index is 0.211. The van der Waals surface area contributed by atoms with Crippen LogP contribution in [-0.2, 0) is 11.3 Å². The molecule has 5 nitrogen and oxygen atoms in total. The van der Waals surface area contributed by atoms with Gasteiger partial charge in [-0.25, -0.2) is 4.98 Å². The van der Waals surface area contributed by atoms with Crippen LogP contribution < -0.4 is 4.74 Å². The molecule has 0 amide bonds. The standard InChI is InChI=1S/C27H26Cl2N2O3/c1-2-31-17-25(23-12-10-21(28)16-24(23)29)30-27(31)20-8-7-19-15-22(11-9-18(19)14-20)34-13-5-3-4-6-26(32)33/h7-12,14-17H,2-6,13H2,1H3,(H,32,33). The molecule has 0 aliphatic rings. The van der Waals surface area contributed by atoms with E-state index in [2.05, 4.69) is 35.8 Å². The molecule has 1 heterocycles. The molecule has 0 saturated carbocycles. The predicted molar refractivity (Wildman–Crippen MR) is 138 cm³/mol. The number of nitrogens with zero attached hydrogens (tertiary/aromatic N) is 2. The third kappa shape index (κ3) is 5.72. The highest BCUT2D eigenvalue weighted by Gasteiger charge is 2.14. The van der Waals surface area contributed by atoms with Crippen LogP contribution in [0.4, 0.5) is 0 Å². The van der Waals surface area contributed by atoms with Crippen LogP contribution in [0, 0.1) is 0 Å². The Morgan fingerprint density at radius 1 is 1.00 bits per heavy atom. The number of benzene rings is 3. The number of carbonyl (C=O) groups is 1. The molecule has 0 bridgehead atoms. The van der Waals surface area contributed by atoms with Crippen LogP contribution in [0.25, 0.3) is 33.4 Å². The average molecular weight is 497 g/mol. The van der Waals surface area contributed by atoms with Gasteiger partial charge in [-0.05, 0) is 73.4 Å². The van der Waals surface area contributed by atoms with Crippen LogP contribution in [0.1, 0.15) is 32.6 Å². The van der Waals surface area contributed by atoms with Gasteiger partial charge in [0, 0.05) is 35.3 Å². The summed E-state index contributed by atoms with van der Waals surface area (Å²) in [6.45, 7) is 3.45. The molecule has 0 atom stereocenters. The fraction of sp³-hybridized carbons (Fsp3) is 0.259. The molecule has 1 aromatic heterocycles. The number of ether oxygens (including phenoxy) is 1. The van der Waals surface area contributed by atoms with E-state index < -0.39 is 5.97 Å². The summed E-state index contributed by atoms with van der Waals surface area (Å²) in [5.41, 5.74) is 2.69. The maximum Gasteiger partial charge on any atom is 0.303 e. The lowest BCUT2D eigenvalue weighted by Gasteiger charge is -2.09. The molecule has 0 spiro atoms. The lowest BCUT2D eigenvalue weighted by molar-refractivity contribution is -0.137. The van der Waals surface area contributed by atoms with Gasteiger partial charge in [-0.3, -0.25) is 4.79 Å². The molecule has 0 fully saturated rings. The van der Waals surface area contributed by atoms with Crippen LogP contribution in [-0.4, -0.2) is 27.2 Å². The molecule has 4 aromatic rings. The van der Waals surface area contributed by atoms with Crippen molar-refractivity contribution in [3.05, 3.63) is 70.8 Å². The monoisotopic (exact) mass is 496 g/mol. The largest absolute Gasteiger partial charge is 0.494 e. The van der Waals surface area contributed by atoms with Gasteiger partial charge in [0.1, 0.15) is 11.6 Å². The molecule has 3 aromatic carbocycles. The van der Waals surface area contributed by atoms with Gasteiger partial charge < -0.3 is 14.4 Å². The first-order valence-electron chi connectivity index (χ1n) is 11.4. The van der Waals surface area contributed by atoms with E-state index in [-0.39, 0.29) is 6.42 Å². The average Bonchev–Trinajstić information content (AvgIpc) is 3.25. The highest BCUT2D eigenvalue weighted by Crippen LogP contribution is 2.33. The number of hydrogen-bond acceptors (Lipinski definition) is 3. The van der Waals surface area contributed by atoms with Gasteiger partial charge in [0.25, 0.3) is 0 Å². The lowest BCUT2D eigenvalue weighted by Crippen LogP contribution is -1.99. The van der Waals surface area contributed by atoms with Crippen LogP contribution in [0.3, 0.4) is 0 Å². The second-order valence-electron chi connectivity index (χ2n) is 8.14. The van der Waals surface area contributed by atoms with Crippen molar-refractivity contribution >= 4 is 39.9 Å². The predicted octanol–water partition coefficient (Wildman–Crippen LogP) is 7.72. The Bertz CT molecular complexity index is 1320. The summed E-state index contributed by atoms with van der Waals surface area (Å²) >= 11 is 12.5. The number of imidazole rings is 1. The van der Waals surface area contributed by atoms with Gasteiger partial charge in [0.2, 0.25) is 0 Å². The van der Waals surface area contributed by atoms with Crippen molar-refractivity contribution in [3.63, 3.8) is 0 Å². The van der Waals surface area contributed by atoms with Crippen molar-refractivity contribution in [1.82, 2.24) is 9.55 Å². The quantitative estimate of drug-likeness (QED) is 0.228. The summed E-state index contributed by atoms with van der Waals surface area (Å²) in [6, 6.07) is 17.8. The molecular formula is C27H26Cl2N2O3. The zero-order chi connectivity index (χ0) is 24.1. The van der Waals surface area contributed by atoms with E-state index in [1.54, 1.807) is 6.07 Å². The van der Waals surface area contributed by atoms with E-state index in [1.165, 1.54) is 0 Å². The van der Waals surface area contributed by atoms with Crippen molar-refractivity contribution < 1.29 is 14.6 Å². The van der Waals surface area contributed by atoms with Crippen molar-refractivity contribution in [2.45, 2.75) is 39.2 Å². The minimum atomic E-state index is -0.749. The Hall–Kier alpha value is -3.02. The first-order chi connectivity index (χ1) is 16.4. The highest BCUT2D eigenvalue weighted by atomic mass is 35.5. The molecule has 0 radical (unpaired) electrons. The second-order valence-corrected chi connectivity index (χ2v) is 8.98. The number of hydrogen-bond donors (Lipinski definition) is 1. The number of aliphatic carboxylic acids is 1. The zero-order valence-corrected chi connectivity index (χ0v) is 20.4. The maximum absolute atomic E-state index is 10.6. The molecule has 1 N–H and O–H groups in total. The first kappa shape index (κ1) is 24.1. The lowest BCUT2D eigenvalue weighted by atomic mass is 10.1. The summed E-state index contributed by atoms with van der Waals surface area (Å²) in [5.74, 6) is 0.946. The van der Waals surface area contributed by atoms with Gasteiger partial charge in [-0.2, -0.15) is 0 Å². The number of rotatable bonds is 10. The molecular weight excluding hydrogens is 471 g/mol. The molecule has 0 aliphatic heterocycles. The van der Waals surface area contributed by atoms with Crippen LogP contribution in [0.15, 0.2) is 60.8 Å². The number of halogens is 2. The van der Waals surface area contributed by atoms with E-state index in [0.717, 1.165) is 58.6 Å². The van der Waals surface area contributed by atoms with Gasteiger partial charge in [0.15, 0.2) is 0 Å². The van der Waals surface area contributed by atoms with Gasteiger partial charge in [-0.1, -0.05) is 41.4 Å². The van der Waals surface area contributed by atoms with Crippen LogP contribution in [0.2, 0.25) is 10.0 Å². The number of aromatic nitrogens is 2. The van der Waals surface area contributed by atoms with E-state index in [1.807, 2.05) is 30.5 Å². The Labute approximate surface area is 208 Å². The summed E-state index contributed by atoms with van der Waals surface area (Å²) < 4.78 is 7.97. The van der Waals surface area contributed by atoms with E-state index in [4.69, 9.17) is 38.0 Å². The smallest absolute Gasteiger partial charge is 0.303 e.